The number of nitrogens with zero attached hydrogens (tertiary/aromatic N) is 3. The number of aromatic nitrogens is 2. The minimum absolute atomic E-state index is 0.00184. The van der Waals surface area contributed by atoms with Crippen LogP contribution in [0.3, 0.4) is 0 Å². The number of hydrogen-bond acceptors (Lipinski definition) is 4. The minimum Gasteiger partial charge on any atom is -0.424 e. The highest BCUT2D eigenvalue weighted by atomic mass is 19.1. The lowest BCUT2D eigenvalue weighted by Gasteiger charge is -2.32. The largest absolute Gasteiger partial charge is 0.424 e. The van der Waals surface area contributed by atoms with Gasteiger partial charge in [-0.25, -0.2) is 8.78 Å². The average molecular weight is 307 g/mol. The van der Waals surface area contributed by atoms with Crippen LogP contribution in [0.4, 0.5) is 8.78 Å². The molecule has 2 heterocycles. The van der Waals surface area contributed by atoms with E-state index >= 15 is 0 Å². The zero-order valence-corrected chi connectivity index (χ0v) is 12.6. The summed E-state index contributed by atoms with van der Waals surface area (Å²) in [7, 11) is 0. The Labute approximate surface area is 128 Å². The van der Waals surface area contributed by atoms with Gasteiger partial charge in [0.1, 0.15) is 11.6 Å². The Morgan fingerprint density at radius 2 is 2.09 bits per heavy atom. The smallest absolute Gasteiger partial charge is 0.230 e. The third-order valence-electron chi connectivity index (χ3n) is 4.07. The minimum atomic E-state index is -0.391. The van der Waals surface area contributed by atoms with Crippen LogP contribution in [0, 0.1) is 11.6 Å². The Bertz CT molecular complexity index is 644. The second-order valence-electron chi connectivity index (χ2n) is 5.68. The molecule has 2 aromatic rings. The Hall–Kier alpha value is -1.82. The van der Waals surface area contributed by atoms with Crippen molar-refractivity contribution in [3.05, 3.63) is 47.2 Å². The third kappa shape index (κ3) is 3.32. The third-order valence-corrected chi connectivity index (χ3v) is 4.07. The molecule has 6 heteroatoms. The van der Waals surface area contributed by atoms with Gasteiger partial charge in [0.05, 0.1) is 6.54 Å². The number of piperidine rings is 1. The van der Waals surface area contributed by atoms with Crippen LogP contribution in [-0.2, 0) is 13.0 Å². The number of benzene rings is 1. The summed E-state index contributed by atoms with van der Waals surface area (Å²) in [4.78, 5) is 2.16. The maximum atomic E-state index is 13.9. The molecule has 1 aromatic carbocycles. The molecule has 22 heavy (non-hydrogen) atoms. The van der Waals surface area contributed by atoms with Gasteiger partial charge < -0.3 is 4.42 Å². The molecule has 1 saturated heterocycles. The van der Waals surface area contributed by atoms with Crippen LogP contribution in [0.1, 0.15) is 43.0 Å². The fraction of sp³-hybridized carbons (Fsp3) is 0.500. The first-order valence-electron chi connectivity index (χ1n) is 7.64. The van der Waals surface area contributed by atoms with Gasteiger partial charge in [-0.3, -0.25) is 4.90 Å². The Morgan fingerprint density at radius 3 is 2.86 bits per heavy atom. The quantitative estimate of drug-likeness (QED) is 0.869. The van der Waals surface area contributed by atoms with Crippen LogP contribution in [0.15, 0.2) is 22.6 Å². The summed E-state index contributed by atoms with van der Waals surface area (Å²) in [6.07, 6.45) is 2.51. The second kappa shape index (κ2) is 6.52. The fourth-order valence-electron chi connectivity index (χ4n) is 2.97. The van der Waals surface area contributed by atoms with Gasteiger partial charge in [-0.05, 0) is 49.1 Å². The van der Waals surface area contributed by atoms with Gasteiger partial charge in [0.25, 0.3) is 0 Å². The Balaban J connectivity index is 1.69. The van der Waals surface area contributed by atoms with Crippen molar-refractivity contribution in [2.45, 2.75) is 38.6 Å². The molecule has 0 spiro atoms. The van der Waals surface area contributed by atoms with Crippen molar-refractivity contribution in [1.82, 2.24) is 15.1 Å². The van der Waals surface area contributed by atoms with E-state index in [-0.39, 0.29) is 11.7 Å². The molecule has 4 nitrogen and oxygen atoms in total. The van der Waals surface area contributed by atoms with E-state index in [2.05, 4.69) is 15.1 Å². The summed E-state index contributed by atoms with van der Waals surface area (Å²) in [5, 5.41) is 7.97. The van der Waals surface area contributed by atoms with Gasteiger partial charge in [0.15, 0.2) is 0 Å². The lowest BCUT2D eigenvalue weighted by molar-refractivity contribution is 0.181. The molecule has 0 amide bonds. The molecule has 118 valence electrons. The van der Waals surface area contributed by atoms with Crippen LogP contribution in [0.5, 0.6) is 0 Å². The fourth-order valence-corrected chi connectivity index (χ4v) is 2.97. The van der Waals surface area contributed by atoms with Gasteiger partial charge in [-0.2, -0.15) is 0 Å². The molecule has 0 aliphatic carbocycles. The highest BCUT2D eigenvalue weighted by Gasteiger charge is 2.25. The summed E-state index contributed by atoms with van der Waals surface area (Å²) in [6.45, 7) is 4.09. The van der Waals surface area contributed by atoms with Crippen LogP contribution in [-0.4, -0.2) is 28.2 Å². The lowest BCUT2D eigenvalue weighted by Crippen LogP contribution is -2.34. The SMILES string of the molecule is CCc1nnc(CN2CCC[C@H](c3cc(F)ccc3F)C2)o1. The van der Waals surface area contributed by atoms with Gasteiger partial charge in [0.2, 0.25) is 11.8 Å². The van der Waals surface area contributed by atoms with Crippen molar-refractivity contribution in [2.75, 3.05) is 13.1 Å². The number of likely N-dealkylation sites (tertiary alicyclic amines) is 1. The van der Waals surface area contributed by atoms with Crippen molar-refractivity contribution in [3.63, 3.8) is 0 Å². The molecular weight excluding hydrogens is 288 g/mol. The molecule has 0 unspecified atom stereocenters. The molecule has 0 radical (unpaired) electrons. The number of halogens is 2. The monoisotopic (exact) mass is 307 g/mol. The summed E-state index contributed by atoms with van der Waals surface area (Å²) in [6, 6.07) is 3.67. The summed E-state index contributed by atoms with van der Waals surface area (Å²) >= 11 is 0. The molecule has 0 saturated carbocycles. The van der Waals surface area contributed by atoms with E-state index in [4.69, 9.17) is 4.42 Å². The van der Waals surface area contributed by atoms with Gasteiger partial charge >= 0.3 is 0 Å². The van der Waals surface area contributed by atoms with Gasteiger partial charge in [-0.15, -0.1) is 10.2 Å². The van der Waals surface area contributed by atoms with Crippen molar-refractivity contribution >= 4 is 0 Å². The van der Waals surface area contributed by atoms with E-state index in [0.717, 1.165) is 25.5 Å². The van der Waals surface area contributed by atoms with Gasteiger partial charge in [0, 0.05) is 13.0 Å². The molecule has 1 fully saturated rings. The van der Waals surface area contributed by atoms with Crippen molar-refractivity contribution < 1.29 is 13.2 Å². The lowest BCUT2D eigenvalue weighted by atomic mass is 9.90. The second-order valence-corrected chi connectivity index (χ2v) is 5.68. The standard InChI is InChI=1S/C16H19F2N3O/c1-2-15-19-20-16(22-15)10-21-7-3-4-11(9-21)13-8-12(17)5-6-14(13)18/h5-6,8,11H,2-4,7,9-10H2,1H3/t11-/m0/s1. The summed E-state index contributed by atoms with van der Waals surface area (Å²) in [5.74, 6) is 0.479. The van der Waals surface area contributed by atoms with E-state index in [1.165, 1.54) is 12.1 Å². The predicted molar refractivity (Wildman–Crippen MR) is 77.3 cm³/mol. The molecule has 0 N–H and O–H groups in total. The zero-order chi connectivity index (χ0) is 15.5. The van der Waals surface area contributed by atoms with E-state index < -0.39 is 5.82 Å². The summed E-state index contributed by atoms with van der Waals surface area (Å²) in [5.41, 5.74) is 0.462. The highest BCUT2D eigenvalue weighted by Crippen LogP contribution is 2.29. The maximum absolute atomic E-state index is 13.9. The normalized spacial score (nSPS) is 19.5. The van der Waals surface area contributed by atoms with Crippen LogP contribution in [0.25, 0.3) is 0 Å². The van der Waals surface area contributed by atoms with Crippen molar-refractivity contribution in [3.8, 4) is 0 Å². The molecule has 1 aliphatic rings. The highest BCUT2D eigenvalue weighted by molar-refractivity contribution is 5.23. The van der Waals surface area contributed by atoms with Crippen LogP contribution >= 0.6 is 0 Å². The van der Waals surface area contributed by atoms with E-state index in [0.29, 0.717) is 36.9 Å². The van der Waals surface area contributed by atoms with Crippen molar-refractivity contribution in [1.29, 1.82) is 0 Å². The molecular formula is C16H19F2N3O. The maximum Gasteiger partial charge on any atom is 0.230 e. The topological polar surface area (TPSA) is 42.2 Å². The summed E-state index contributed by atoms with van der Waals surface area (Å²) < 4.78 is 32.8. The molecule has 1 atom stereocenters. The number of rotatable bonds is 4. The van der Waals surface area contributed by atoms with Crippen LogP contribution in [0.2, 0.25) is 0 Å². The Kier molecular flexibility index (Phi) is 4.47. The number of hydrogen-bond donors (Lipinski definition) is 0. The predicted octanol–water partition coefficient (Wildman–Crippen LogP) is 3.29. The Morgan fingerprint density at radius 1 is 1.27 bits per heavy atom. The van der Waals surface area contributed by atoms with Crippen LogP contribution < -0.4 is 0 Å². The average Bonchev–Trinajstić information content (AvgIpc) is 2.97. The van der Waals surface area contributed by atoms with E-state index in [1.807, 2.05) is 6.92 Å². The number of aryl methyl sites for hydroxylation is 1. The van der Waals surface area contributed by atoms with E-state index in [9.17, 15) is 8.78 Å². The first-order chi connectivity index (χ1) is 10.7. The molecule has 1 aromatic heterocycles. The molecule has 3 rings (SSSR count). The van der Waals surface area contributed by atoms with E-state index in [1.54, 1.807) is 0 Å². The van der Waals surface area contributed by atoms with Crippen molar-refractivity contribution in [2.24, 2.45) is 0 Å². The molecule has 0 bridgehead atoms. The zero-order valence-electron chi connectivity index (χ0n) is 12.6. The molecule has 1 aliphatic heterocycles. The first kappa shape index (κ1) is 15.1. The first-order valence-corrected chi connectivity index (χ1v) is 7.64. The van der Waals surface area contributed by atoms with Gasteiger partial charge in [-0.1, -0.05) is 6.92 Å².